The van der Waals surface area contributed by atoms with Crippen LogP contribution < -0.4 is 10.6 Å². The first-order valence-corrected chi connectivity index (χ1v) is 8.46. The van der Waals surface area contributed by atoms with Crippen LogP contribution in [0.2, 0.25) is 0 Å². The van der Waals surface area contributed by atoms with Crippen molar-refractivity contribution in [3.8, 4) is 0 Å². The van der Waals surface area contributed by atoms with Crippen molar-refractivity contribution in [2.45, 2.75) is 26.7 Å². The summed E-state index contributed by atoms with van der Waals surface area (Å²) in [5.74, 6) is -0.785. The number of aromatic nitrogens is 2. The van der Waals surface area contributed by atoms with Gasteiger partial charge < -0.3 is 10.1 Å². The third-order valence-electron chi connectivity index (χ3n) is 3.09. The van der Waals surface area contributed by atoms with Gasteiger partial charge >= 0.3 is 12.0 Å². The first-order chi connectivity index (χ1) is 11.4. The summed E-state index contributed by atoms with van der Waals surface area (Å²) in [7, 11) is 0. The number of amides is 3. The SMILES string of the molecule is CC(C)CCNC(=O)NC(=O)COC(=O)Cc1cn2ccsc2n1. The molecular formula is C15H20N4O4S. The minimum Gasteiger partial charge on any atom is -0.455 e. The Morgan fingerprint density at radius 2 is 2.17 bits per heavy atom. The maximum Gasteiger partial charge on any atom is 0.321 e. The molecule has 0 saturated heterocycles. The fraction of sp³-hybridized carbons (Fsp3) is 0.467. The van der Waals surface area contributed by atoms with E-state index in [1.54, 1.807) is 6.20 Å². The highest BCUT2D eigenvalue weighted by Crippen LogP contribution is 2.11. The molecule has 3 amide bonds. The lowest BCUT2D eigenvalue weighted by Crippen LogP contribution is -2.42. The molecule has 0 aromatic carbocycles. The van der Waals surface area contributed by atoms with Crippen molar-refractivity contribution >= 4 is 34.2 Å². The zero-order valence-corrected chi connectivity index (χ0v) is 14.4. The lowest BCUT2D eigenvalue weighted by Gasteiger charge is -2.08. The Morgan fingerprint density at radius 1 is 1.38 bits per heavy atom. The summed E-state index contributed by atoms with van der Waals surface area (Å²) in [6, 6.07) is -0.592. The van der Waals surface area contributed by atoms with E-state index < -0.39 is 24.5 Å². The number of nitrogens with zero attached hydrogens (tertiary/aromatic N) is 2. The van der Waals surface area contributed by atoms with Crippen molar-refractivity contribution < 1.29 is 19.1 Å². The predicted octanol–water partition coefficient (Wildman–Crippen LogP) is 1.35. The van der Waals surface area contributed by atoms with Gasteiger partial charge in [-0.25, -0.2) is 9.78 Å². The number of hydrogen-bond donors (Lipinski definition) is 2. The average Bonchev–Trinajstić information content (AvgIpc) is 3.05. The Balaban J connectivity index is 1.66. The average molecular weight is 352 g/mol. The molecule has 2 rings (SSSR count). The molecule has 2 heterocycles. The molecule has 0 atom stereocenters. The molecule has 0 aliphatic heterocycles. The molecule has 0 aliphatic carbocycles. The molecule has 0 radical (unpaired) electrons. The van der Waals surface area contributed by atoms with E-state index in [1.165, 1.54) is 11.3 Å². The van der Waals surface area contributed by atoms with Crippen LogP contribution in [-0.2, 0) is 20.7 Å². The molecule has 2 aromatic rings. The smallest absolute Gasteiger partial charge is 0.321 e. The number of fused-ring (bicyclic) bond motifs is 1. The van der Waals surface area contributed by atoms with Crippen LogP contribution >= 0.6 is 11.3 Å². The minimum absolute atomic E-state index is 0.0255. The summed E-state index contributed by atoms with van der Waals surface area (Å²) in [5, 5.41) is 6.56. The zero-order chi connectivity index (χ0) is 17.5. The number of imide groups is 1. The lowest BCUT2D eigenvalue weighted by molar-refractivity contribution is -0.147. The van der Waals surface area contributed by atoms with Crippen LogP contribution in [0.4, 0.5) is 4.79 Å². The van der Waals surface area contributed by atoms with Crippen LogP contribution in [0.1, 0.15) is 26.0 Å². The lowest BCUT2D eigenvalue weighted by atomic mass is 10.1. The Bertz CT molecular complexity index is 693. The summed E-state index contributed by atoms with van der Waals surface area (Å²) < 4.78 is 6.65. The summed E-state index contributed by atoms with van der Waals surface area (Å²) in [5.41, 5.74) is 0.568. The maximum atomic E-state index is 11.7. The summed E-state index contributed by atoms with van der Waals surface area (Å²) in [6.07, 6.45) is 4.36. The third kappa shape index (κ3) is 5.65. The summed E-state index contributed by atoms with van der Waals surface area (Å²) >= 11 is 1.46. The third-order valence-corrected chi connectivity index (χ3v) is 3.86. The van der Waals surface area contributed by atoms with Gasteiger partial charge in [0.05, 0.1) is 12.1 Å². The van der Waals surface area contributed by atoms with E-state index in [1.807, 2.05) is 29.8 Å². The number of ether oxygens (including phenoxy) is 1. The van der Waals surface area contributed by atoms with Crippen molar-refractivity contribution in [2.24, 2.45) is 5.92 Å². The molecule has 0 saturated carbocycles. The van der Waals surface area contributed by atoms with E-state index in [0.29, 0.717) is 18.2 Å². The van der Waals surface area contributed by atoms with Crippen LogP contribution in [0.3, 0.4) is 0 Å². The first-order valence-electron chi connectivity index (χ1n) is 7.58. The van der Waals surface area contributed by atoms with Crippen molar-refractivity contribution in [2.75, 3.05) is 13.2 Å². The van der Waals surface area contributed by atoms with Crippen LogP contribution in [0.5, 0.6) is 0 Å². The molecule has 0 unspecified atom stereocenters. The normalized spacial score (nSPS) is 10.8. The van der Waals surface area contributed by atoms with Crippen molar-refractivity contribution in [1.29, 1.82) is 0 Å². The van der Waals surface area contributed by atoms with E-state index in [9.17, 15) is 14.4 Å². The molecular weight excluding hydrogens is 332 g/mol. The summed E-state index contributed by atoms with van der Waals surface area (Å²) in [4.78, 5) is 39.7. The second-order valence-corrected chi connectivity index (χ2v) is 6.52. The standard InChI is InChI=1S/C15H20N4O4S/c1-10(2)3-4-16-14(22)18-12(20)9-23-13(21)7-11-8-19-5-6-24-15(19)17-11/h5-6,8,10H,3-4,7,9H2,1-2H3,(H2,16,18,20,22). The number of nitrogens with one attached hydrogen (secondary N) is 2. The monoisotopic (exact) mass is 352 g/mol. The van der Waals surface area contributed by atoms with E-state index in [-0.39, 0.29) is 6.42 Å². The van der Waals surface area contributed by atoms with Crippen molar-refractivity contribution in [1.82, 2.24) is 20.0 Å². The predicted molar refractivity (Wildman–Crippen MR) is 88.7 cm³/mol. The van der Waals surface area contributed by atoms with E-state index >= 15 is 0 Å². The number of carbonyl (C=O) groups is 3. The van der Waals surface area contributed by atoms with Gasteiger partial charge in [-0.2, -0.15) is 0 Å². The Kier molecular flexibility index (Phi) is 6.30. The van der Waals surface area contributed by atoms with Crippen LogP contribution in [0, 0.1) is 5.92 Å². The highest BCUT2D eigenvalue weighted by molar-refractivity contribution is 7.15. The largest absolute Gasteiger partial charge is 0.455 e. The molecule has 0 spiro atoms. The van der Waals surface area contributed by atoms with Gasteiger partial charge in [-0.1, -0.05) is 13.8 Å². The summed E-state index contributed by atoms with van der Waals surface area (Å²) in [6.45, 7) is 4.05. The van der Waals surface area contributed by atoms with Gasteiger partial charge in [-0.3, -0.25) is 19.3 Å². The topological polar surface area (TPSA) is 102 Å². The maximum absolute atomic E-state index is 11.7. The van der Waals surface area contributed by atoms with Crippen molar-refractivity contribution in [3.05, 3.63) is 23.5 Å². The minimum atomic E-state index is -0.670. The van der Waals surface area contributed by atoms with Gasteiger partial charge in [0, 0.05) is 24.3 Å². The molecule has 0 fully saturated rings. The Labute approximate surface area is 143 Å². The Morgan fingerprint density at radius 3 is 2.88 bits per heavy atom. The molecule has 9 heteroatoms. The van der Waals surface area contributed by atoms with Gasteiger partial charge in [0.2, 0.25) is 0 Å². The number of rotatable bonds is 7. The fourth-order valence-electron chi connectivity index (χ4n) is 1.89. The number of imidazole rings is 1. The van der Waals surface area contributed by atoms with Crippen LogP contribution in [0.15, 0.2) is 17.8 Å². The zero-order valence-electron chi connectivity index (χ0n) is 13.6. The Hall–Kier alpha value is -2.42. The highest BCUT2D eigenvalue weighted by Gasteiger charge is 2.13. The highest BCUT2D eigenvalue weighted by atomic mass is 32.1. The van der Waals surface area contributed by atoms with Crippen LogP contribution in [-0.4, -0.2) is 40.4 Å². The number of urea groups is 1. The van der Waals surface area contributed by atoms with Crippen molar-refractivity contribution in [3.63, 3.8) is 0 Å². The second-order valence-electron chi connectivity index (χ2n) is 5.65. The van der Waals surface area contributed by atoms with Gasteiger partial charge in [0.25, 0.3) is 5.91 Å². The van der Waals surface area contributed by atoms with E-state index in [4.69, 9.17) is 4.74 Å². The molecule has 130 valence electrons. The molecule has 0 aliphatic rings. The van der Waals surface area contributed by atoms with E-state index in [0.717, 1.165) is 11.4 Å². The number of hydrogen-bond acceptors (Lipinski definition) is 6. The van der Waals surface area contributed by atoms with E-state index in [2.05, 4.69) is 15.6 Å². The number of esters is 1. The number of thiazole rings is 1. The van der Waals surface area contributed by atoms with Crippen LogP contribution in [0.25, 0.3) is 4.96 Å². The first kappa shape index (κ1) is 17.9. The second kappa shape index (κ2) is 8.44. The van der Waals surface area contributed by atoms with Gasteiger partial charge in [-0.05, 0) is 12.3 Å². The molecule has 24 heavy (non-hydrogen) atoms. The van der Waals surface area contributed by atoms with Gasteiger partial charge in [0.1, 0.15) is 0 Å². The van der Waals surface area contributed by atoms with Gasteiger partial charge in [0.15, 0.2) is 11.6 Å². The molecule has 2 N–H and O–H groups in total. The molecule has 0 bridgehead atoms. The van der Waals surface area contributed by atoms with Gasteiger partial charge in [-0.15, -0.1) is 11.3 Å². The fourth-order valence-corrected chi connectivity index (χ4v) is 2.61. The quantitative estimate of drug-likeness (QED) is 0.733. The molecule has 8 nitrogen and oxygen atoms in total. The number of carbonyl (C=O) groups excluding carboxylic acids is 3. The molecule has 2 aromatic heterocycles.